The van der Waals surface area contributed by atoms with Crippen molar-refractivity contribution in [2.45, 2.75) is 25.4 Å². The van der Waals surface area contributed by atoms with E-state index in [-0.39, 0.29) is 17.9 Å². The fraction of sp³-hybridized carbons (Fsp3) is 0.600. The molecule has 2 rings (SSSR count). The zero-order valence-electron chi connectivity index (χ0n) is 11.8. The van der Waals surface area contributed by atoms with Gasteiger partial charge in [-0.1, -0.05) is 25.1 Å². The van der Waals surface area contributed by atoms with Gasteiger partial charge in [0.2, 0.25) is 0 Å². The second kappa shape index (κ2) is 6.46. The fourth-order valence-corrected chi connectivity index (χ4v) is 2.74. The monoisotopic (exact) mass is 265 g/mol. The summed E-state index contributed by atoms with van der Waals surface area (Å²) < 4.78 is 14.1. The number of hydrogen-bond donors (Lipinski definition) is 1. The molecule has 1 fully saturated rings. The molecule has 1 aromatic rings. The van der Waals surface area contributed by atoms with Gasteiger partial charge in [-0.3, -0.25) is 4.90 Å². The molecule has 1 heterocycles. The number of halogens is 1. The van der Waals surface area contributed by atoms with Crippen molar-refractivity contribution in [3.05, 3.63) is 35.6 Å². The van der Waals surface area contributed by atoms with E-state index < -0.39 is 0 Å². The molecule has 2 unspecified atom stereocenters. The Hall–Kier alpha value is -0.970. The summed E-state index contributed by atoms with van der Waals surface area (Å²) in [5, 5.41) is 0. The van der Waals surface area contributed by atoms with Crippen molar-refractivity contribution in [2.24, 2.45) is 5.73 Å². The highest BCUT2D eigenvalue weighted by Gasteiger charge is 2.29. The van der Waals surface area contributed by atoms with Crippen molar-refractivity contribution in [3.63, 3.8) is 0 Å². The van der Waals surface area contributed by atoms with Crippen LogP contribution in [-0.2, 0) is 0 Å². The first-order valence-electron chi connectivity index (χ1n) is 7.06. The Labute approximate surface area is 115 Å². The average Bonchev–Trinajstić information content (AvgIpc) is 2.43. The highest BCUT2D eigenvalue weighted by Crippen LogP contribution is 2.28. The normalized spacial score (nSPS) is 21.3. The van der Waals surface area contributed by atoms with Gasteiger partial charge in [0.05, 0.1) is 6.04 Å². The first kappa shape index (κ1) is 14.4. The van der Waals surface area contributed by atoms with Crippen LogP contribution in [0.5, 0.6) is 0 Å². The van der Waals surface area contributed by atoms with E-state index in [2.05, 4.69) is 23.8 Å². The largest absolute Gasteiger partial charge is 0.326 e. The molecule has 2 atom stereocenters. The van der Waals surface area contributed by atoms with Gasteiger partial charge in [-0.05, 0) is 19.5 Å². The van der Waals surface area contributed by atoms with Crippen molar-refractivity contribution in [1.82, 2.24) is 9.80 Å². The van der Waals surface area contributed by atoms with E-state index in [4.69, 9.17) is 5.73 Å². The number of rotatable bonds is 4. The lowest BCUT2D eigenvalue weighted by atomic mass is 9.95. The highest BCUT2D eigenvalue weighted by molar-refractivity contribution is 5.23. The van der Waals surface area contributed by atoms with E-state index in [1.807, 2.05) is 12.1 Å². The van der Waals surface area contributed by atoms with Gasteiger partial charge < -0.3 is 10.6 Å². The summed E-state index contributed by atoms with van der Waals surface area (Å²) >= 11 is 0. The van der Waals surface area contributed by atoms with Gasteiger partial charge in [0.1, 0.15) is 5.82 Å². The Balaban J connectivity index is 2.24. The molecule has 1 saturated heterocycles. The van der Waals surface area contributed by atoms with Crippen LogP contribution in [0.1, 0.15) is 24.9 Å². The minimum Gasteiger partial charge on any atom is -0.326 e. The van der Waals surface area contributed by atoms with E-state index >= 15 is 0 Å². The number of benzene rings is 1. The van der Waals surface area contributed by atoms with E-state index in [9.17, 15) is 4.39 Å². The van der Waals surface area contributed by atoms with Gasteiger partial charge in [0.15, 0.2) is 0 Å². The van der Waals surface area contributed by atoms with Crippen molar-refractivity contribution in [3.8, 4) is 0 Å². The molecule has 0 aromatic heterocycles. The van der Waals surface area contributed by atoms with Crippen molar-refractivity contribution < 1.29 is 4.39 Å². The lowest BCUT2D eigenvalue weighted by molar-refractivity contribution is 0.0950. The molecular formula is C15H24FN3. The van der Waals surface area contributed by atoms with Gasteiger partial charge in [0, 0.05) is 37.8 Å². The van der Waals surface area contributed by atoms with Gasteiger partial charge >= 0.3 is 0 Å². The van der Waals surface area contributed by atoms with Crippen molar-refractivity contribution in [1.29, 1.82) is 0 Å². The van der Waals surface area contributed by atoms with Crippen molar-refractivity contribution in [2.75, 3.05) is 33.2 Å². The predicted molar refractivity (Wildman–Crippen MR) is 76.5 cm³/mol. The number of nitrogens with zero attached hydrogens (tertiary/aromatic N) is 2. The summed E-state index contributed by atoms with van der Waals surface area (Å²) in [7, 11) is 2.12. The molecule has 1 aromatic carbocycles. The van der Waals surface area contributed by atoms with Crippen LogP contribution in [0.4, 0.5) is 4.39 Å². The maximum Gasteiger partial charge on any atom is 0.128 e. The molecule has 0 spiro atoms. The molecule has 4 heteroatoms. The van der Waals surface area contributed by atoms with Crippen LogP contribution >= 0.6 is 0 Å². The molecule has 0 aliphatic carbocycles. The third-order valence-electron chi connectivity index (χ3n) is 4.03. The van der Waals surface area contributed by atoms with Crippen LogP contribution in [0.3, 0.4) is 0 Å². The lowest BCUT2D eigenvalue weighted by Gasteiger charge is -2.40. The van der Waals surface area contributed by atoms with Crippen LogP contribution in [0.25, 0.3) is 0 Å². The first-order chi connectivity index (χ1) is 9.13. The number of hydrogen-bond acceptors (Lipinski definition) is 3. The Morgan fingerprint density at radius 3 is 2.42 bits per heavy atom. The Bertz CT molecular complexity index is 402. The summed E-state index contributed by atoms with van der Waals surface area (Å²) in [4.78, 5) is 4.62. The average molecular weight is 265 g/mol. The minimum absolute atomic E-state index is 0.0140. The number of nitrogens with two attached hydrogens (primary N) is 1. The smallest absolute Gasteiger partial charge is 0.128 e. The van der Waals surface area contributed by atoms with Crippen LogP contribution in [0.15, 0.2) is 24.3 Å². The molecular weight excluding hydrogens is 241 g/mol. The van der Waals surface area contributed by atoms with E-state index in [1.54, 1.807) is 6.07 Å². The van der Waals surface area contributed by atoms with Gasteiger partial charge in [-0.2, -0.15) is 0 Å². The van der Waals surface area contributed by atoms with Crippen LogP contribution in [0.2, 0.25) is 0 Å². The van der Waals surface area contributed by atoms with Gasteiger partial charge in [0.25, 0.3) is 0 Å². The standard InChI is InChI=1S/C15H24FN3/c1-3-14(17)15(12-6-4-5-7-13(12)16)19-10-8-18(2)9-11-19/h4-7,14-15H,3,8-11,17H2,1-2H3. The third-order valence-corrected chi connectivity index (χ3v) is 4.03. The summed E-state index contributed by atoms with van der Waals surface area (Å²) in [5.74, 6) is -0.143. The maximum absolute atomic E-state index is 14.1. The van der Waals surface area contributed by atoms with Crippen LogP contribution in [-0.4, -0.2) is 49.1 Å². The van der Waals surface area contributed by atoms with Crippen LogP contribution in [0, 0.1) is 5.82 Å². The third kappa shape index (κ3) is 3.32. The predicted octanol–water partition coefficient (Wildman–Crippen LogP) is 1.85. The maximum atomic E-state index is 14.1. The Morgan fingerprint density at radius 1 is 1.21 bits per heavy atom. The number of likely N-dealkylation sites (N-methyl/N-ethyl adjacent to an activating group) is 1. The van der Waals surface area contributed by atoms with E-state index in [0.717, 1.165) is 38.2 Å². The Morgan fingerprint density at radius 2 is 1.84 bits per heavy atom. The van der Waals surface area contributed by atoms with Crippen molar-refractivity contribution >= 4 is 0 Å². The topological polar surface area (TPSA) is 32.5 Å². The summed E-state index contributed by atoms with van der Waals surface area (Å²) in [6.45, 7) is 5.99. The summed E-state index contributed by atoms with van der Waals surface area (Å²) in [6.07, 6.45) is 0.853. The molecule has 3 nitrogen and oxygen atoms in total. The molecule has 2 N–H and O–H groups in total. The second-order valence-electron chi connectivity index (χ2n) is 5.38. The molecule has 0 radical (unpaired) electrons. The molecule has 0 amide bonds. The zero-order chi connectivity index (χ0) is 13.8. The Kier molecular flexibility index (Phi) is 4.91. The first-order valence-corrected chi connectivity index (χ1v) is 7.06. The molecule has 106 valence electrons. The minimum atomic E-state index is -0.143. The SMILES string of the molecule is CCC(N)C(c1ccccc1F)N1CCN(C)CC1. The van der Waals surface area contributed by atoms with Gasteiger partial charge in [-0.15, -0.1) is 0 Å². The van der Waals surface area contributed by atoms with E-state index in [1.165, 1.54) is 6.07 Å². The number of piperazine rings is 1. The second-order valence-corrected chi connectivity index (χ2v) is 5.38. The zero-order valence-corrected chi connectivity index (χ0v) is 11.8. The molecule has 19 heavy (non-hydrogen) atoms. The van der Waals surface area contributed by atoms with Gasteiger partial charge in [-0.25, -0.2) is 4.39 Å². The molecule has 1 aliphatic rings. The lowest BCUT2D eigenvalue weighted by Crippen LogP contribution is -2.50. The molecule has 1 aliphatic heterocycles. The quantitative estimate of drug-likeness (QED) is 0.902. The summed E-state index contributed by atoms with van der Waals surface area (Å²) in [6, 6.07) is 6.98. The summed E-state index contributed by atoms with van der Waals surface area (Å²) in [5.41, 5.74) is 7.00. The van der Waals surface area contributed by atoms with E-state index in [0.29, 0.717) is 0 Å². The molecule has 0 saturated carbocycles. The highest BCUT2D eigenvalue weighted by atomic mass is 19.1. The fourth-order valence-electron chi connectivity index (χ4n) is 2.74. The van der Waals surface area contributed by atoms with Crippen LogP contribution < -0.4 is 5.73 Å². The molecule has 0 bridgehead atoms.